The van der Waals surface area contributed by atoms with Gasteiger partial charge in [-0.25, -0.2) is 4.99 Å². The lowest BCUT2D eigenvalue weighted by atomic mass is 10.2. The molecule has 2 heterocycles. The lowest BCUT2D eigenvalue weighted by Crippen LogP contribution is -2.45. The molecule has 5 nitrogen and oxygen atoms in total. The lowest BCUT2D eigenvalue weighted by molar-refractivity contribution is 0.511. The first-order valence-corrected chi connectivity index (χ1v) is 8.67. The van der Waals surface area contributed by atoms with Crippen molar-refractivity contribution in [2.24, 2.45) is 4.99 Å². The van der Waals surface area contributed by atoms with Gasteiger partial charge in [0.2, 0.25) is 0 Å². The summed E-state index contributed by atoms with van der Waals surface area (Å²) in [7, 11) is 0. The summed E-state index contributed by atoms with van der Waals surface area (Å²) in [6, 6.07) is 12.9. The third kappa shape index (κ3) is 5.14. The van der Waals surface area contributed by atoms with Crippen molar-refractivity contribution in [1.82, 2.24) is 10.6 Å². The first kappa shape index (κ1) is 19.6. The number of guanidine groups is 1. The average Bonchev–Trinajstić information content (AvgIpc) is 3.26. The van der Waals surface area contributed by atoms with Gasteiger partial charge in [0, 0.05) is 31.4 Å². The number of furan rings is 1. The number of benzene rings is 1. The van der Waals surface area contributed by atoms with Crippen LogP contribution in [0.4, 0.5) is 5.69 Å². The predicted molar refractivity (Wildman–Crippen MR) is 114 cm³/mol. The minimum absolute atomic E-state index is 0. The molecule has 2 N–H and O–H groups in total. The van der Waals surface area contributed by atoms with E-state index in [1.54, 1.807) is 6.26 Å². The Morgan fingerprint density at radius 2 is 2.08 bits per heavy atom. The molecule has 6 heteroatoms. The highest BCUT2D eigenvalue weighted by molar-refractivity contribution is 14.0. The van der Waals surface area contributed by atoms with Gasteiger partial charge in [-0.15, -0.1) is 24.0 Å². The van der Waals surface area contributed by atoms with Gasteiger partial charge < -0.3 is 20.0 Å². The van der Waals surface area contributed by atoms with Gasteiger partial charge >= 0.3 is 0 Å². The van der Waals surface area contributed by atoms with Crippen LogP contribution in [0.3, 0.4) is 0 Å². The van der Waals surface area contributed by atoms with E-state index in [0.717, 1.165) is 37.8 Å². The minimum atomic E-state index is 0. The van der Waals surface area contributed by atoms with E-state index in [-0.39, 0.29) is 24.0 Å². The second kappa shape index (κ2) is 9.70. The Labute approximate surface area is 166 Å². The molecule has 1 unspecified atom stereocenters. The summed E-state index contributed by atoms with van der Waals surface area (Å²) in [5.41, 5.74) is 2.81. The van der Waals surface area contributed by atoms with Gasteiger partial charge in [0.1, 0.15) is 12.3 Å². The standard InChI is InChI=1S/C19H26N4O.HI/c1-3-20-19(22-14-17-8-6-12-24-17)21-13-15(2)23-11-10-16-7-4-5-9-18(16)23;/h4-9,12,15H,3,10-11,13-14H2,1-2H3,(H2,20,21,22);1H. The van der Waals surface area contributed by atoms with Crippen LogP contribution in [0.25, 0.3) is 0 Å². The van der Waals surface area contributed by atoms with Crippen LogP contribution in [-0.4, -0.2) is 31.6 Å². The number of fused-ring (bicyclic) bond motifs is 1. The summed E-state index contributed by atoms with van der Waals surface area (Å²) in [4.78, 5) is 7.05. The predicted octanol–water partition coefficient (Wildman–Crippen LogP) is 3.40. The molecule has 2 aromatic rings. The van der Waals surface area contributed by atoms with Crippen molar-refractivity contribution < 1.29 is 4.42 Å². The number of hydrogen-bond acceptors (Lipinski definition) is 3. The number of halogens is 1. The fourth-order valence-electron chi connectivity index (χ4n) is 3.08. The topological polar surface area (TPSA) is 52.8 Å². The van der Waals surface area contributed by atoms with E-state index < -0.39 is 0 Å². The molecule has 0 fully saturated rings. The number of anilines is 1. The smallest absolute Gasteiger partial charge is 0.191 e. The molecule has 0 radical (unpaired) electrons. The van der Waals surface area contributed by atoms with Crippen LogP contribution in [0.2, 0.25) is 0 Å². The molecular formula is C19H27IN4O. The van der Waals surface area contributed by atoms with Crippen LogP contribution in [0.5, 0.6) is 0 Å². The van der Waals surface area contributed by atoms with Crippen LogP contribution < -0.4 is 15.5 Å². The Morgan fingerprint density at radius 1 is 1.24 bits per heavy atom. The Morgan fingerprint density at radius 3 is 2.84 bits per heavy atom. The van der Waals surface area contributed by atoms with Gasteiger partial charge in [-0.3, -0.25) is 0 Å². The minimum Gasteiger partial charge on any atom is -0.467 e. The summed E-state index contributed by atoms with van der Waals surface area (Å²) in [6.07, 6.45) is 2.81. The maximum atomic E-state index is 5.34. The van der Waals surface area contributed by atoms with Gasteiger partial charge in [-0.2, -0.15) is 0 Å². The van der Waals surface area contributed by atoms with Crippen molar-refractivity contribution in [3.05, 3.63) is 54.0 Å². The van der Waals surface area contributed by atoms with Crippen LogP contribution >= 0.6 is 24.0 Å². The molecule has 25 heavy (non-hydrogen) atoms. The number of nitrogens with one attached hydrogen (secondary N) is 2. The van der Waals surface area contributed by atoms with Crippen molar-refractivity contribution in [3.8, 4) is 0 Å². The molecule has 0 saturated heterocycles. The second-order valence-corrected chi connectivity index (χ2v) is 6.08. The van der Waals surface area contributed by atoms with Crippen LogP contribution in [-0.2, 0) is 13.0 Å². The van der Waals surface area contributed by atoms with Crippen molar-refractivity contribution in [3.63, 3.8) is 0 Å². The molecule has 3 rings (SSSR count). The van der Waals surface area contributed by atoms with Crippen LogP contribution in [0.15, 0.2) is 52.1 Å². The van der Waals surface area contributed by atoms with E-state index in [2.05, 4.69) is 58.6 Å². The maximum Gasteiger partial charge on any atom is 0.191 e. The van der Waals surface area contributed by atoms with Gasteiger partial charge in [-0.1, -0.05) is 18.2 Å². The summed E-state index contributed by atoms with van der Waals surface area (Å²) in [6.45, 7) is 7.64. The largest absolute Gasteiger partial charge is 0.467 e. The number of nitrogens with zero attached hydrogens (tertiary/aromatic N) is 2. The molecule has 0 saturated carbocycles. The first-order chi connectivity index (χ1) is 11.8. The molecule has 1 aliphatic rings. The van der Waals surface area contributed by atoms with Crippen molar-refractivity contribution >= 4 is 35.6 Å². The molecule has 1 atom stereocenters. The van der Waals surface area contributed by atoms with E-state index >= 15 is 0 Å². The van der Waals surface area contributed by atoms with E-state index in [0.29, 0.717) is 12.6 Å². The summed E-state index contributed by atoms with van der Waals surface area (Å²) < 4.78 is 5.34. The molecule has 0 spiro atoms. The van der Waals surface area contributed by atoms with E-state index in [9.17, 15) is 0 Å². The third-order valence-electron chi connectivity index (χ3n) is 4.34. The molecule has 136 valence electrons. The van der Waals surface area contributed by atoms with Crippen molar-refractivity contribution in [2.75, 3.05) is 24.5 Å². The maximum absolute atomic E-state index is 5.34. The summed E-state index contributed by atoms with van der Waals surface area (Å²) in [5.74, 6) is 1.70. The fraction of sp³-hybridized carbons (Fsp3) is 0.421. The van der Waals surface area contributed by atoms with Gasteiger partial charge in [0.15, 0.2) is 5.96 Å². The Bertz CT molecular complexity index is 672. The molecule has 0 amide bonds. The van der Waals surface area contributed by atoms with Crippen LogP contribution in [0, 0.1) is 0 Å². The Hall–Kier alpha value is -1.70. The highest BCUT2D eigenvalue weighted by Crippen LogP contribution is 2.28. The van der Waals surface area contributed by atoms with Crippen molar-refractivity contribution in [2.45, 2.75) is 32.9 Å². The zero-order valence-corrected chi connectivity index (χ0v) is 17.2. The normalized spacial score (nSPS) is 14.6. The zero-order valence-electron chi connectivity index (χ0n) is 14.9. The first-order valence-electron chi connectivity index (χ1n) is 8.67. The molecule has 1 aliphatic heterocycles. The van der Waals surface area contributed by atoms with E-state index in [1.807, 2.05) is 12.1 Å². The number of rotatable bonds is 6. The number of para-hydroxylation sites is 1. The monoisotopic (exact) mass is 454 g/mol. The Kier molecular flexibility index (Phi) is 7.61. The van der Waals surface area contributed by atoms with Gasteiger partial charge in [0.05, 0.1) is 6.26 Å². The highest BCUT2D eigenvalue weighted by Gasteiger charge is 2.22. The second-order valence-electron chi connectivity index (χ2n) is 6.08. The molecular weight excluding hydrogens is 427 g/mol. The van der Waals surface area contributed by atoms with Gasteiger partial charge in [-0.05, 0) is 44.0 Å². The molecule has 0 bridgehead atoms. The molecule has 0 aliphatic carbocycles. The van der Waals surface area contributed by atoms with Crippen LogP contribution in [0.1, 0.15) is 25.2 Å². The van der Waals surface area contributed by atoms with E-state index in [1.165, 1.54) is 11.3 Å². The molecule has 1 aromatic carbocycles. The Balaban J connectivity index is 0.00000225. The van der Waals surface area contributed by atoms with E-state index in [4.69, 9.17) is 4.42 Å². The highest BCUT2D eigenvalue weighted by atomic mass is 127. The number of hydrogen-bond donors (Lipinski definition) is 2. The quantitative estimate of drug-likeness (QED) is 0.399. The SMILES string of the molecule is CCNC(=NCc1ccco1)NCC(C)N1CCc2ccccc21.I. The third-order valence-corrected chi connectivity index (χ3v) is 4.34. The summed E-state index contributed by atoms with van der Waals surface area (Å²) >= 11 is 0. The number of aliphatic imine (C=N–C) groups is 1. The molecule has 1 aromatic heterocycles. The fourth-order valence-corrected chi connectivity index (χ4v) is 3.08. The van der Waals surface area contributed by atoms with Gasteiger partial charge in [0.25, 0.3) is 0 Å². The lowest BCUT2D eigenvalue weighted by Gasteiger charge is -2.28. The zero-order chi connectivity index (χ0) is 16.8. The average molecular weight is 454 g/mol. The van der Waals surface area contributed by atoms with Crippen molar-refractivity contribution in [1.29, 1.82) is 0 Å². The summed E-state index contributed by atoms with van der Waals surface area (Å²) in [5, 5.41) is 6.73.